The molecule has 3 nitrogen and oxygen atoms in total. The standard InChI is InChI=1S/C16H19NO2/c1-11-10-14(18)6-9-16(11)17-12(2)13-4-7-15(19-3)8-5-13/h4-10,12,17-18H,1-3H3. The van der Waals surface area contributed by atoms with E-state index < -0.39 is 0 Å². The number of phenolic OH excluding ortho intramolecular Hbond substituents is 1. The Balaban J connectivity index is 2.13. The molecule has 0 radical (unpaired) electrons. The van der Waals surface area contributed by atoms with Crippen molar-refractivity contribution in [1.82, 2.24) is 0 Å². The summed E-state index contributed by atoms with van der Waals surface area (Å²) in [5.41, 5.74) is 3.25. The molecule has 0 saturated heterocycles. The Morgan fingerprint density at radius 1 is 1.11 bits per heavy atom. The van der Waals surface area contributed by atoms with Gasteiger partial charge in [0.1, 0.15) is 11.5 Å². The van der Waals surface area contributed by atoms with E-state index in [4.69, 9.17) is 4.74 Å². The third-order valence-electron chi connectivity index (χ3n) is 3.20. The minimum atomic E-state index is 0.189. The average Bonchev–Trinajstić information content (AvgIpc) is 2.42. The van der Waals surface area contributed by atoms with Crippen LogP contribution in [0.4, 0.5) is 5.69 Å². The number of methoxy groups -OCH3 is 1. The molecule has 100 valence electrons. The van der Waals surface area contributed by atoms with Crippen molar-refractivity contribution in [3.05, 3.63) is 53.6 Å². The van der Waals surface area contributed by atoms with Gasteiger partial charge >= 0.3 is 0 Å². The molecule has 0 amide bonds. The number of aromatic hydroxyl groups is 1. The summed E-state index contributed by atoms with van der Waals surface area (Å²) in [6.07, 6.45) is 0. The van der Waals surface area contributed by atoms with Gasteiger partial charge in [-0.25, -0.2) is 0 Å². The van der Waals surface area contributed by atoms with Crippen LogP contribution in [0.25, 0.3) is 0 Å². The van der Waals surface area contributed by atoms with E-state index in [1.54, 1.807) is 19.2 Å². The van der Waals surface area contributed by atoms with E-state index in [-0.39, 0.29) is 6.04 Å². The van der Waals surface area contributed by atoms with Crippen LogP contribution in [-0.2, 0) is 0 Å². The molecule has 0 aliphatic heterocycles. The van der Waals surface area contributed by atoms with Crippen molar-refractivity contribution in [2.75, 3.05) is 12.4 Å². The maximum atomic E-state index is 9.40. The van der Waals surface area contributed by atoms with Crippen LogP contribution in [0.15, 0.2) is 42.5 Å². The van der Waals surface area contributed by atoms with E-state index in [1.165, 1.54) is 5.56 Å². The minimum absolute atomic E-state index is 0.189. The summed E-state index contributed by atoms with van der Waals surface area (Å²) in [6.45, 7) is 4.08. The van der Waals surface area contributed by atoms with Crippen molar-refractivity contribution in [3.63, 3.8) is 0 Å². The maximum absolute atomic E-state index is 9.40. The van der Waals surface area contributed by atoms with E-state index in [9.17, 15) is 5.11 Å². The van der Waals surface area contributed by atoms with Gasteiger partial charge in [-0.1, -0.05) is 12.1 Å². The van der Waals surface area contributed by atoms with Crippen LogP contribution in [0.2, 0.25) is 0 Å². The Morgan fingerprint density at radius 3 is 2.37 bits per heavy atom. The second-order valence-electron chi connectivity index (χ2n) is 4.64. The van der Waals surface area contributed by atoms with Crippen LogP contribution in [0.3, 0.4) is 0 Å². The number of anilines is 1. The smallest absolute Gasteiger partial charge is 0.118 e. The van der Waals surface area contributed by atoms with Gasteiger partial charge in [-0.2, -0.15) is 0 Å². The summed E-state index contributed by atoms with van der Waals surface area (Å²) >= 11 is 0. The molecule has 1 unspecified atom stereocenters. The molecule has 0 heterocycles. The lowest BCUT2D eigenvalue weighted by Gasteiger charge is -2.18. The van der Waals surface area contributed by atoms with Gasteiger partial charge in [-0.05, 0) is 55.3 Å². The topological polar surface area (TPSA) is 41.5 Å². The summed E-state index contributed by atoms with van der Waals surface area (Å²) in [5, 5.41) is 12.8. The third-order valence-corrected chi connectivity index (χ3v) is 3.20. The Kier molecular flexibility index (Phi) is 3.95. The zero-order valence-electron chi connectivity index (χ0n) is 11.5. The van der Waals surface area contributed by atoms with Crippen LogP contribution in [0.5, 0.6) is 11.5 Å². The van der Waals surface area contributed by atoms with Crippen molar-refractivity contribution in [2.45, 2.75) is 19.9 Å². The first-order valence-electron chi connectivity index (χ1n) is 6.30. The number of phenols is 1. The minimum Gasteiger partial charge on any atom is -0.508 e. The monoisotopic (exact) mass is 257 g/mol. The molecule has 2 aromatic rings. The summed E-state index contributed by atoms with van der Waals surface area (Å²) < 4.78 is 5.15. The number of nitrogens with one attached hydrogen (secondary N) is 1. The second kappa shape index (κ2) is 5.65. The maximum Gasteiger partial charge on any atom is 0.118 e. The highest BCUT2D eigenvalue weighted by Gasteiger charge is 2.07. The molecule has 0 aliphatic carbocycles. The predicted molar refractivity (Wildman–Crippen MR) is 77.9 cm³/mol. The van der Waals surface area contributed by atoms with Gasteiger partial charge in [0.05, 0.1) is 7.11 Å². The number of benzene rings is 2. The summed E-state index contributed by atoms with van der Waals surface area (Å²) in [6, 6.07) is 13.5. The Labute approximate surface area is 113 Å². The predicted octanol–water partition coefficient (Wildman–Crippen LogP) is 3.88. The molecule has 2 N–H and O–H groups in total. The SMILES string of the molecule is COc1ccc(C(C)Nc2ccc(O)cc2C)cc1. The molecular weight excluding hydrogens is 238 g/mol. The number of aryl methyl sites for hydroxylation is 1. The zero-order valence-corrected chi connectivity index (χ0v) is 11.5. The van der Waals surface area contributed by atoms with E-state index in [2.05, 4.69) is 12.2 Å². The first-order valence-corrected chi connectivity index (χ1v) is 6.30. The van der Waals surface area contributed by atoms with Gasteiger partial charge in [-0.3, -0.25) is 0 Å². The van der Waals surface area contributed by atoms with E-state index in [0.29, 0.717) is 5.75 Å². The molecule has 0 bridgehead atoms. The van der Waals surface area contributed by atoms with Crippen molar-refractivity contribution in [3.8, 4) is 11.5 Å². The lowest BCUT2D eigenvalue weighted by atomic mass is 10.1. The van der Waals surface area contributed by atoms with Crippen LogP contribution >= 0.6 is 0 Å². The van der Waals surface area contributed by atoms with Crippen molar-refractivity contribution in [2.24, 2.45) is 0 Å². The van der Waals surface area contributed by atoms with Crippen LogP contribution < -0.4 is 10.1 Å². The molecule has 0 saturated carbocycles. The lowest BCUT2D eigenvalue weighted by Crippen LogP contribution is -2.07. The first-order chi connectivity index (χ1) is 9.10. The fraction of sp³-hybridized carbons (Fsp3) is 0.250. The van der Waals surface area contributed by atoms with Crippen molar-refractivity contribution >= 4 is 5.69 Å². The number of hydrogen-bond donors (Lipinski definition) is 2. The summed E-state index contributed by atoms with van der Waals surface area (Å²) in [5.74, 6) is 1.15. The van der Waals surface area contributed by atoms with Crippen LogP contribution in [0.1, 0.15) is 24.1 Å². The Bertz CT molecular complexity index is 549. The molecule has 0 aliphatic rings. The number of ether oxygens (including phenoxy) is 1. The van der Waals surface area contributed by atoms with Crippen LogP contribution in [-0.4, -0.2) is 12.2 Å². The molecule has 3 heteroatoms. The normalized spacial score (nSPS) is 11.9. The van der Waals surface area contributed by atoms with E-state index in [1.807, 2.05) is 37.3 Å². The second-order valence-corrected chi connectivity index (χ2v) is 4.64. The quantitative estimate of drug-likeness (QED) is 0.817. The number of hydrogen-bond acceptors (Lipinski definition) is 3. The Morgan fingerprint density at radius 2 is 1.79 bits per heavy atom. The van der Waals surface area contributed by atoms with E-state index >= 15 is 0 Å². The Hall–Kier alpha value is -2.16. The first kappa shape index (κ1) is 13.3. The molecule has 19 heavy (non-hydrogen) atoms. The average molecular weight is 257 g/mol. The van der Waals surface area contributed by atoms with Crippen molar-refractivity contribution < 1.29 is 9.84 Å². The molecular formula is C16H19NO2. The summed E-state index contributed by atoms with van der Waals surface area (Å²) in [4.78, 5) is 0. The van der Waals surface area contributed by atoms with Gasteiger partial charge in [0.2, 0.25) is 0 Å². The fourth-order valence-corrected chi connectivity index (χ4v) is 2.02. The molecule has 0 fully saturated rings. The highest BCUT2D eigenvalue weighted by molar-refractivity contribution is 5.54. The molecule has 0 aromatic heterocycles. The van der Waals surface area contributed by atoms with Crippen molar-refractivity contribution in [1.29, 1.82) is 0 Å². The highest BCUT2D eigenvalue weighted by atomic mass is 16.5. The van der Waals surface area contributed by atoms with Gasteiger partial charge in [0.25, 0.3) is 0 Å². The van der Waals surface area contributed by atoms with Crippen LogP contribution in [0, 0.1) is 6.92 Å². The third kappa shape index (κ3) is 3.19. The molecule has 2 rings (SSSR count). The van der Waals surface area contributed by atoms with Gasteiger partial charge < -0.3 is 15.2 Å². The summed E-state index contributed by atoms with van der Waals surface area (Å²) in [7, 11) is 1.66. The highest BCUT2D eigenvalue weighted by Crippen LogP contribution is 2.25. The molecule has 2 aromatic carbocycles. The molecule has 1 atom stereocenters. The fourth-order valence-electron chi connectivity index (χ4n) is 2.02. The molecule has 0 spiro atoms. The lowest BCUT2D eigenvalue weighted by molar-refractivity contribution is 0.414. The van der Waals surface area contributed by atoms with Gasteiger partial charge in [0.15, 0.2) is 0 Å². The van der Waals surface area contributed by atoms with Gasteiger partial charge in [0, 0.05) is 11.7 Å². The van der Waals surface area contributed by atoms with Gasteiger partial charge in [-0.15, -0.1) is 0 Å². The largest absolute Gasteiger partial charge is 0.508 e. The zero-order chi connectivity index (χ0) is 13.8. The number of rotatable bonds is 4. The van der Waals surface area contributed by atoms with E-state index in [0.717, 1.165) is 17.0 Å².